The molecule has 2 N–H and O–H groups in total. The summed E-state index contributed by atoms with van der Waals surface area (Å²) >= 11 is 0. The lowest BCUT2D eigenvalue weighted by Crippen LogP contribution is -2.09. The monoisotopic (exact) mass is 291 g/mol. The zero-order valence-electron chi connectivity index (χ0n) is 11.7. The second-order valence-corrected chi connectivity index (χ2v) is 4.63. The van der Waals surface area contributed by atoms with Crippen molar-refractivity contribution in [1.82, 2.24) is 0 Å². The largest absolute Gasteiger partial charge is 0.496 e. The van der Waals surface area contributed by atoms with Crippen molar-refractivity contribution in [3.8, 4) is 5.75 Å². The van der Waals surface area contributed by atoms with Crippen molar-refractivity contribution in [1.29, 1.82) is 0 Å². The zero-order chi connectivity index (χ0) is 15.2. The van der Waals surface area contributed by atoms with Gasteiger partial charge in [0.05, 0.1) is 13.7 Å². The summed E-state index contributed by atoms with van der Waals surface area (Å²) in [6.45, 7) is 2.13. The molecule has 0 aliphatic carbocycles. The van der Waals surface area contributed by atoms with E-state index >= 15 is 0 Å². The summed E-state index contributed by atoms with van der Waals surface area (Å²) in [7, 11) is 1.54. The molecule has 0 aromatic heterocycles. The van der Waals surface area contributed by atoms with Crippen molar-refractivity contribution in [2.24, 2.45) is 5.73 Å². The Morgan fingerprint density at radius 3 is 2.55 bits per heavy atom. The number of benzene rings is 1. The van der Waals surface area contributed by atoms with E-state index in [4.69, 9.17) is 15.2 Å². The average molecular weight is 291 g/mol. The van der Waals surface area contributed by atoms with E-state index in [9.17, 15) is 13.2 Å². The number of hydrogen-bond donors (Lipinski definition) is 1. The maximum atomic E-state index is 12.0. The smallest absolute Gasteiger partial charge is 0.389 e. The number of halogens is 3. The van der Waals surface area contributed by atoms with Gasteiger partial charge in [-0.2, -0.15) is 13.2 Å². The van der Waals surface area contributed by atoms with Crippen LogP contribution in [-0.4, -0.2) is 19.9 Å². The molecule has 0 spiro atoms. The van der Waals surface area contributed by atoms with Crippen LogP contribution in [0, 0.1) is 0 Å². The summed E-state index contributed by atoms with van der Waals surface area (Å²) in [6.07, 6.45) is -5.00. The van der Waals surface area contributed by atoms with Crippen LogP contribution in [-0.2, 0) is 11.3 Å². The van der Waals surface area contributed by atoms with Gasteiger partial charge in [-0.25, -0.2) is 0 Å². The summed E-state index contributed by atoms with van der Waals surface area (Å²) in [5.74, 6) is 0.644. The molecular weight excluding hydrogens is 271 g/mol. The normalized spacial score (nSPS) is 13.3. The second-order valence-electron chi connectivity index (χ2n) is 4.63. The fourth-order valence-electron chi connectivity index (χ4n) is 1.75. The third-order valence-corrected chi connectivity index (χ3v) is 2.84. The molecule has 0 aliphatic rings. The molecule has 0 aliphatic heterocycles. The van der Waals surface area contributed by atoms with Crippen molar-refractivity contribution >= 4 is 0 Å². The van der Waals surface area contributed by atoms with Crippen molar-refractivity contribution in [2.75, 3.05) is 13.7 Å². The number of alkyl halides is 3. The second kappa shape index (κ2) is 7.50. The summed E-state index contributed by atoms with van der Waals surface area (Å²) in [4.78, 5) is 0. The molecule has 0 heterocycles. The molecule has 0 amide bonds. The first-order valence-corrected chi connectivity index (χ1v) is 6.40. The minimum Gasteiger partial charge on any atom is -0.496 e. The Morgan fingerprint density at radius 2 is 2.00 bits per heavy atom. The zero-order valence-corrected chi connectivity index (χ0v) is 11.7. The Bertz CT molecular complexity index is 419. The number of ether oxygens (including phenoxy) is 2. The molecule has 6 heteroatoms. The molecule has 3 nitrogen and oxygen atoms in total. The van der Waals surface area contributed by atoms with Crippen LogP contribution < -0.4 is 10.5 Å². The average Bonchev–Trinajstić information content (AvgIpc) is 2.36. The van der Waals surface area contributed by atoms with Gasteiger partial charge >= 0.3 is 6.18 Å². The van der Waals surface area contributed by atoms with Crippen molar-refractivity contribution in [3.05, 3.63) is 29.3 Å². The van der Waals surface area contributed by atoms with E-state index < -0.39 is 12.6 Å². The summed E-state index contributed by atoms with van der Waals surface area (Å²) < 4.78 is 46.4. The van der Waals surface area contributed by atoms with Crippen molar-refractivity contribution in [3.63, 3.8) is 0 Å². The van der Waals surface area contributed by atoms with E-state index in [2.05, 4.69) is 0 Å². The van der Waals surface area contributed by atoms with E-state index in [1.54, 1.807) is 6.07 Å². The molecule has 0 radical (unpaired) electrons. The number of rotatable bonds is 7. The SMILES string of the molecule is COc1ccc(C(C)N)cc1COCCCC(F)(F)F. The van der Waals surface area contributed by atoms with Gasteiger partial charge in [0.2, 0.25) is 0 Å². The molecule has 0 saturated carbocycles. The summed E-state index contributed by atoms with van der Waals surface area (Å²) in [5, 5.41) is 0. The number of methoxy groups -OCH3 is 1. The quantitative estimate of drug-likeness (QED) is 0.781. The molecule has 1 atom stereocenters. The Labute approximate surface area is 116 Å². The highest BCUT2D eigenvalue weighted by Gasteiger charge is 2.25. The van der Waals surface area contributed by atoms with Gasteiger partial charge in [-0.1, -0.05) is 6.07 Å². The predicted octanol–water partition coefficient (Wildman–Crippen LogP) is 3.57. The first-order valence-electron chi connectivity index (χ1n) is 6.40. The molecule has 1 aromatic rings. The van der Waals surface area contributed by atoms with Crippen LogP contribution in [0.15, 0.2) is 18.2 Å². The van der Waals surface area contributed by atoms with Gasteiger partial charge in [-0.3, -0.25) is 0 Å². The van der Waals surface area contributed by atoms with E-state index in [1.165, 1.54) is 7.11 Å². The Kier molecular flexibility index (Phi) is 6.29. The van der Waals surface area contributed by atoms with Crippen LogP contribution in [0.2, 0.25) is 0 Å². The molecule has 20 heavy (non-hydrogen) atoms. The van der Waals surface area contributed by atoms with Crippen LogP contribution in [0.3, 0.4) is 0 Å². The van der Waals surface area contributed by atoms with Crippen LogP contribution in [0.5, 0.6) is 5.75 Å². The van der Waals surface area contributed by atoms with Gasteiger partial charge in [-0.05, 0) is 31.0 Å². The molecule has 0 fully saturated rings. The lowest BCUT2D eigenvalue weighted by molar-refractivity contribution is -0.138. The maximum absolute atomic E-state index is 12.0. The van der Waals surface area contributed by atoms with Crippen LogP contribution in [0.1, 0.15) is 36.9 Å². The van der Waals surface area contributed by atoms with E-state index in [1.807, 2.05) is 19.1 Å². The molecule has 1 unspecified atom stereocenters. The topological polar surface area (TPSA) is 44.5 Å². The number of nitrogens with two attached hydrogens (primary N) is 1. The fraction of sp³-hybridized carbons (Fsp3) is 0.571. The standard InChI is InChI=1S/C14H20F3NO2/c1-10(18)11-4-5-13(19-2)12(8-11)9-20-7-3-6-14(15,16)17/h4-5,8,10H,3,6-7,9,18H2,1-2H3. The van der Waals surface area contributed by atoms with Crippen molar-refractivity contribution < 1.29 is 22.6 Å². The highest BCUT2D eigenvalue weighted by Crippen LogP contribution is 2.24. The van der Waals surface area contributed by atoms with E-state index in [0.717, 1.165) is 11.1 Å². The highest BCUT2D eigenvalue weighted by atomic mass is 19.4. The minimum absolute atomic E-state index is 0.0429. The fourth-order valence-corrected chi connectivity index (χ4v) is 1.75. The molecule has 1 rings (SSSR count). The van der Waals surface area contributed by atoms with Gasteiger partial charge in [0.25, 0.3) is 0 Å². The highest BCUT2D eigenvalue weighted by molar-refractivity contribution is 5.37. The lowest BCUT2D eigenvalue weighted by Gasteiger charge is -2.13. The first-order chi connectivity index (χ1) is 9.33. The van der Waals surface area contributed by atoms with E-state index in [-0.39, 0.29) is 25.7 Å². The predicted molar refractivity (Wildman–Crippen MR) is 70.5 cm³/mol. The maximum Gasteiger partial charge on any atom is 0.389 e. The Hall–Kier alpha value is -1.27. The minimum atomic E-state index is -4.13. The molecule has 1 aromatic carbocycles. The third-order valence-electron chi connectivity index (χ3n) is 2.84. The molecule has 0 saturated heterocycles. The van der Waals surface area contributed by atoms with Gasteiger partial charge in [-0.15, -0.1) is 0 Å². The Morgan fingerprint density at radius 1 is 1.30 bits per heavy atom. The van der Waals surface area contributed by atoms with Crippen LogP contribution in [0.4, 0.5) is 13.2 Å². The molecule has 0 bridgehead atoms. The summed E-state index contributed by atoms with van der Waals surface area (Å²) in [5.41, 5.74) is 7.51. The van der Waals surface area contributed by atoms with Crippen LogP contribution in [0.25, 0.3) is 0 Å². The van der Waals surface area contributed by atoms with Gasteiger partial charge in [0.1, 0.15) is 5.75 Å². The van der Waals surface area contributed by atoms with Crippen molar-refractivity contribution in [2.45, 2.75) is 38.6 Å². The van der Waals surface area contributed by atoms with E-state index in [0.29, 0.717) is 5.75 Å². The van der Waals surface area contributed by atoms with Gasteiger partial charge in [0, 0.05) is 24.6 Å². The summed E-state index contributed by atoms with van der Waals surface area (Å²) in [6, 6.07) is 5.38. The lowest BCUT2D eigenvalue weighted by atomic mass is 10.1. The Balaban J connectivity index is 2.51. The molecular formula is C14H20F3NO2. The third kappa shape index (κ3) is 5.79. The van der Waals surface area contributed by atoms with Crippen LogP contribution >= 0.6 is 0 Å². The van der Waals surface area contributed by atoms with Gasteiger partial charge in [0.15, 0.2) is 0 Å². The molecule has 114 valence electrons. The number of hydrogen-bond acceptors (Lipinski definition) is 3. The van der Waals surface area contributed by atoms with Gasteiger partial charge < -0.3 is 15.2 Å². The first kappa shape index (κ1) is 16.8.